The first-order valence-corrected chi connectivity index (χ1v) is 5.98. The zero-order valence-electron chi connectivity index (χ0n) is 9.39. The Kier molecular flexibility index (Phi) is 3.31. The number of amides is 2. The van der Waals surface area contributed by atoms with Gasteiger partial charge >= 0.3 is 6.09 Å². The van der Waals surface area contributed by atoms with Crippen molar-refractivity contribution in [2.24, 2.45) is 0 Å². The summed E-state index contributed by atoms with van der Waals surface area (Å²) in [6, 6.07) is -0.427. The Bertz CT molecular complexity index is 287. The van der Waals surface area contributed by atoms with Crippen LogP contribution in [0.15, 0.2) is 0 Å². The van der Waals surface area contributed by atoms with Crippen LogP contribution in [0.1, 0.15) is 32.1 Å². The highest BCUT2D eigenvalue weighted by atomic mass is 16.4. The van der Waals surface area contributed by atoms with E-state index in [-0.39, 0.29) is 5.91 Å². The number of nitrogens with zero attached hydrogens (tertiary/aromatic N) is 2. The van der Waals surface area contributed by atoms with Crippen molar-refractivity contribution in [1.29, 1.82) is 0 Å². The smallest absolute Gasteiger partial charge is 0.407 e. The van der Waals surface area contributed by atoms with Gasteiger partial charge in [-0.3, -0.25) is 9.69 Å². The quantitative estimate of drug-likeness (QED) is 0.729. The van der Waals surface area contributed by atoms with Crippen molar-refractivity contribution in [3.63, 3.8) is 0 Å². The number of rotatable bonds is 1. The van der Waals surface area contributed by atoms with Gasteiger partial charge in [-0.2, -0.15) is 0 Å². The minimum atomic E-state index is -0.961. The highest BCUT2D eigenvalue weighted by Crippen LogP contribution is 2.21. The molecule has 2 amide bonds. The Labute approximate surface area is 95.0 Å². The Morgan fingerprint density at radius 2 is 1.62 bits per heavy atom. The summed E-state index contributed by atoms with van der Waals surface area (Å²) in [4.78, 5) is 26.3. The fraction of sp³-hybridized carbons (Fsp3) is 0.818. The number of carbonyl (C=O) groups is 2. The van der Waals surface area contributed by atoms with E-state index in [4.69, 9.17) is 5.11 Å². The molecular weight excluding hydrogens is 208 g/mol. The molecule has 2 fully saturated rings. The van der Waals surface area contributed by atoms with Gasteiger partial charge in [-0.25, -0.2) is 4.79 Å². The normalized spacial score (nSPS) is 25.9. The molecule has 2 aliphatic heterocycles. The molecule has 0 aliphatic carbocycles. The third-order valence-electron chi connectivity index (χ3n) is 3.45. The van der Waals surface area contributed by atoms with Gasteiger partial charge in [0.2, 0.25) is 5.91 Å². The average molecular weight is 226 g/mol. The number of carboxylic acid groups (broad SMARTS) is 1. The van der Waals surface area contributed by atoms with Gasteiger partial charge < -0.3 is 10.0 Å². The van der Waals surface area contributed by atoms with E-state index in [9.17, 15) is 9.59 Å². The molecule has 0 saturated carbocycles. The van der Waals surface area contributed by atoms with Crippen molar-refractivity contribution in [3.8, 4) is 0 Å². The summed E-state index contributed by atoms with van der Waals surface area (Å²) >= 11 is 0. The van der Waals surface area contributed by atoms with Crippen molar-refractivity contribution >= 4 is 12.0 Å². The SMILES string of the molecule is O=C(C1CCCCN1C(=O)O)N1CCCC1. The lowest BCUT2D eigenvalue weighted by atomic mass is 10.0. The van der Waals surface area contributed by atoms with Crippen LogP contribution < -0.4 is 0 Å². The van der Waals surface area contributed by atoms with E-state index in [1.807, 2.05) is 4.90 Å². The molecule has 2 saturated heterocycles. The van der Waals surface area contributed by atoms with Gasteiger partial charge in [0.1, 0.15) is 6.04 Å². The molecule has 1 atom stereocenters. The second kappa shape index (κ2) is 4.72. The topological polar surface area (TPSA) is 60.9 Å². The average Bonchev–Trinajstić information content (AvgIpc) is 2.81. The van der Waals surface area contributed by atoms with E-state index in [1.165, 1.54) is 4.90 Å². The number of piperidine rings is 1. The molecule has 16 heavy (non-hydrogen) atoms. The predicted octanol–water partition coefficient (Wildman–Crippen LogP) is 1.14. The highest BCUT2D eigenvalue weighted by Gasteiger charge is 2.35. The summed E-state index contributed by atoms with van der Waals surface area (Å²) < 4.78 is 0. The molecule has 2 heterocycles. The molecule has 0 spiro atoms. The van der Waals surface area contributed by atoms with Gasteiger partial charge in [0.15, 0.2) is 0 Å². The van der Waals surface area contributed by atoms with Crippen molar-refractivity contribution in [2.75, 3.05) is 19.6 Å². The molecule has 2 rings (SSSR count). The summed E-state index contributed by atoms with van der Waals surface area (Å²) in [7, 11) is 0. The Morgan fingerprint density at radius 1 is 1.00 bits per heavy atom. The minimum Gasteiger partial charge on any atom is -0.465 e. The van der Waals surface area contributed by atoms with Gasteiger partial charge in [-0.1, -0.05) is 0 Å². The molecule has 1 unspecified atom stereocenters. The van der Waals surface area contributed by atoms with E-state index in [0.29, 0.717) is 13.0 Å². The second-order valence-corrected chi connectivity index (χ2v) is 4.52. The van der Waals surface area contributed by atoms with E-state index in [2.05, 4.69) is 0 Å². The highest BCUT2D eigenvalue weighted by molar-refractivity contribution is 5.85. The molecule has 0 bridgehead atoms. The third kappa shape index (κ3) is 2.13. The van der Waals surface area contributed by atoms with Crippen molar-refractivity contribution in [2.45, 2.75) is 38.1 Å². The van der Waals surface area contributed by atoms with Crippen LogP contribution in [-0.2, 0) is 4.79 Å². The van der Waals surface area contributed by atoms with Crippen LogP contribution in [0, 0.1) is 0 Å². The summed E-state index contributed by atoms with van der Waals surface area (Å²) in [5, 5.41) is 9.06. The van der Waals surface area contributed by atoms with Crippen LogP contribution in [0.4, 0.5) is 4.79 Å². The molecule has 2 aliphatic rings. The molecule has 0 radical (unpaired) electrons. The zero-order valence-corrected chi connectivity index (χ0v) is 9.39. The molecule has 0 aromatic rings. The van der Waals surface area contributed by atoms with Crippen molar-refractivity contribution in [1.82, 2.24) is 9.80 Å². The minimum absolute atomic E-state index is 0.0135. The molecule has 1 N–H and O–H groups in total. The fourth-order valence-corrected chi connectivity index (χ4v) is 2.57. The largest absolute Gasteiger partial charge is 0.465 e. The summed E-state index contributed by atoms with van der Waals surface area (Å²) in [6.45, 7) is 2.09. The first-order chi connectivity index (χ1) is 7.70. The van der Waals surface area contributed by atoms with Crippen LogP contribution in [-0.4, -0.2) is 52.6 Å². The van der Waals surface area contributed by atoms with Gasteiger partial charge in [0.25, 0.3) is 0 Å². The van der Waals surface area contributed by atoms with Gasteiger partial charge in [0.05, 0.1) is 0 Å². The molecule has 0 aromatic heterocycles. The fourth-order valence-electron chi connectivity index (χ4n) is 2.57. The van der Waals surface area contributed by atoms with E-state index >= 15 is 0 Å². The summed E-state index contributed by atoms with van der Waals surface area (Å²) in [6.07, 6.45) is 3.64. The Hall–Kier alpha value is -1.26. The lowest BCUT2D eigenvalue weighted by Crippen LogP contribution is -2.52. The van der Waals surface area contributed by atoms with Crippen LogP contribution in [0.25, 0.3) is 0 Å². The lowest BCUT2D eigenvalue weighted by molar-refractivity contribution is -0.136. The Balaban J connectivity index is 2.04. The lowest BCUT2D eigenvalue weighted by Gasteiger charge is -2.34. The monoisotopic (exact) mass is 226 g/mol. The Morgan fingerprint density at radius 3 is 2.25 bits per heavy atom. The van der Waals surface area contributed by atoms with Gasteiger partial charge in [-0.05, 0) is 32.1 Å². The maximum absolute atomic E-state index is 12.1. The maximum atomic E-state index is 12.1. The molecular formula is C11H18N2O3. The van der Waals surface area contributed by atoms with Crippen LogP contribution in [0.2, 0.25) is 0 Å². The third-order valence-corrected chi connectivity index (χ3v) is 3.45. The number of hydrogen-bond donors (Lipinski definition) is 1. The van der Waals surface area contributed by atoms with Gasteiger partial charge in [-0.15, -0.1) is 0 Å². The van der Waals surface area contributed by atoms with E-state index < -0.39 is 12.1 Å². The van der Waals surface area contributed by atoms with Crippen LogP contribution >= 0.6 is 0 Å². The predicted molar refractivity (Wildman–Crippen MR) is 58.2 cm³/mol. The number of carbonyl (C=O) groups excluding carboxylic acids is 1. The van der Waals surface area contributed by atoms with E-state index in [0.717, 1.165) is 38.8 Å². The molecule has 90 valence electrons. The molecule has 0 aromatic carbocycles. The number of likely N-dealkylation sites (tertiary alicyclic amines) is 2. The van der Waals surface area contributed by atoms with E-state index in [1.54, 1.807) is 0 Å². The van der Waals surface area contributed by atoms with Gasteiger partial charge in [0, 0.05) is 19.6 Å². The standard InChI is InChI=1S/C11H18N2O3/c14-10(12-6-3-4-7-12)9-5-1-2-8-13(9)11(15)16/h9H,1-8H2,(H,15,16). The zero-order chi connectivity index (χ0) is 11.5. The van der Waals surface area contributed by atoms with Crippen LogP contribution in [0.5, 0.6) is 0 Å². The van der Waals surface area contributed by atoms with Crippen LogP contribution in [0.3, 0.4) is 0 Å². The van der Waals surface area contributed by atoms with Crippen molar-refractivity contribution in [3.05, 3.63) is 0 Å². The first kappa shape index (κ1) is 11.2. The molecule has 5 heteroatoms. The summed E-state index contributed by atoms with van der Waals surface area (Å²) in [5.74, 6) is 0.0135. The maximum Gasteiger partial charge on any atom is 0.407 e. The summed E-state index contributed by atoms with van der Waals surface area (Å²) in [5.41, 5.74) is 0. The second-order valence-electron chi connectivity index (χ2n) is 4.52. The molecule has 5 nitrogen and oxygen atoms in total. The van der Waals surface area contributed by atoms with Crippen molar-refractivity contribution < 1.29 is 14.7 Å². The number of hydrogen-bond acceptors (Lipinski definition) is 2. The first-order valence-electron chi connectivity index (χ1n) is 5.98.